The lowest BCUT2D eigenvalue weighted by Crippen LogP contribution is -2.29. The van der Waals surface area contributed by atoms with Crippen molar-refractivity contribution in [2.45, 2.75) is 11.3 Å². The fourth-order valence-electron chi connectivity index (χ4n) is 2.36. The summed E-state index contributed by atoms with van der Waals surface area (Å²) in [5.74, 6) is -1.40. The maximum atomic E-state index is 13.8. The summed E-state index contributed by atoms with van der Waals surface area (Å²) in [4.78, 5) is 12.1. The third kappa shape index (κ3) is 5.08. The van der Waals surface area contributed by atoms with Gasteiger partial charge in [-0.25, -0.2) is 8.78 Å². The Hall–Kier alpha value is -3.45. The van der Waals surface area contributed by atoms with Crippen molar-refractivity contribution in [3.05, 3.63) is 59.7 Å². The van der Waals surface area contributed by atoms with Crippen molar-refractivity contribution >= 4 is 17.7 Å². The predicted octanol–water partition coefficient (Wildman–Crippen LogP) is 3.50. The molecule has 10 heteroatoms. The van der Waals surface area contributed by atoms with Crippen LogP contribution in [0, 0.1) is 23.0 Å². The van der Waals surface area contributed by atoms with Crippen molar-refractivity contribution < 1.29 is 22.7 Å². The summed E-state index contributed by atoms with van der Waals surface area (Å²) < 4.78 is 37.4. The SMILES string of the molecule is COc1ccc(-c2nnc(SCC(=O)NC(C#N)c3ccc(F)cc3F)o2)cc1. The molecular weight excluding hydrogens is 402 g/mol. The Balaban J connectivity index is 1.59. The van der Waals surface area contributed by atoms with E-state index in [1.54, 1.807) is 37.4 Å². The van der Waals surface area contributed by atoms with Crippen LogP contribution in [-0.4, -0.2) is 29.0 Å². The van der Waals surface area contributed by atoms with Gasteiger partial charge < -0.3 is 14.5 Å². The van der Waals surface area contributed by atoms with Gasteiger partial charge >= 0.3 is 0 Å². The van der Waals surface area contributed by atoms with Crippen molar-refractivity contribution in [1.29, 1.82) is 5.26 Å². The third-order valence-electron chi connectivity index (χ3n) is 3.78. The Morgan fingerprint density at radius 2 is 2.03 bits per heavy atom. The molecule has 0 aliphatic rings. The van der Waals surface area contributed by atoms with Gasteiger partial charge in [0.05, 0.1) is 18.9 Å². The summed E-state index contributed by atoms with van der Waals surface area (Å²) >= 11 is 0.966. The maximum absolute atomic E-state index is 13.8. The summed E-state index contributed by atoms with van der Waals surface area (Å²) in [5, 5.41) is 19.5. The van der Waals surface area contributed by atoms with Crippen LogP contribution < -0.4 is 10.1 Å². The molecule has 1 atom stereocenters. The van der Waals surface area contributed by atoms with E-state index in [1.807, 2.05) is 0 Å². The normalized spacial score (nSPS) is 11.5. The van der Waals surface area contributed by atoms with E-state index in [1.165, 1.54) is 0 Å². The fraction of sp³-hybridized carbons (Fsp3) is 0.158. The number of benzene rings is 2. The van der Waals surface area contributed by atoms with Gasteiger partial charge in [-0.1, -0.05) is 17.8 Å². The molecule has 3 rings (SSSR count). The largest absolute Gasteiger partial charge is 0.497 e. The van der Waals surface area contributed by atoms with E-state index in [9.17, 15) is 18.8 Å². The summed E-state index contributed by atoms with van der Waals surface area (Å²) in [6.07, 6.45) is 0. The van der Waals surface area contributed by atoms with Crippen LogP contribution in [0.4, 0.5) is 8.78 Å². The first kappa shape index (κ1) is 20.3. The Labute approximate surface area is 168 Å². The number of thioether (sulfide) groups is 1. The van der Waals surface area contributed by atoms with Crippen LogP contribution in [0.25, 0.3) is 11.5 Å². The van der Waals surface area contributed by atoms with Gasteiger partial charge in [-0.3, -0.25) is 4.79 Å². The van der Waals surface area contributed by atoms with Crippen LogP contribution in [-0.2, 0) is 4.79 Å². The molecule has 0 spiro atoms. The number of nitrogens with one attached hydrogen (secondary N) is 1. The minimum Gasteiger partial charge on any atom is -0.497 e. The highest BCUT2D eigenvalue weighted by atomic mass is 32.2. The zero-order chi connectivity index (χ0) is 20.8. The molecule has 1 heterocycles. The standard InChI is InChI=1S/C19H14F2N4O3S/c1-27-13-5-2-11(3-6-13)18-24-25-19(28-18)29-10-17(26)23-16(9-22)14-7-4-12(20)8-15(14)21/h2-8,16H,10H2,1H3,(H,23,26). The number of nitriles is 1. The number of ether oxygens (including phenoxy) is 1. The molecule has 1 unspecified atom stereocenters. The molecule has 0 bridgehead atoms. The second-order valence-corrected chi connectivity index (χ2v) is 6.61. The molecule has 29 heavy (non-hydrogen) atoms. The highest BCUT2D eigenvalue weighted by molar-refractivity contribution is 7.99. The Kier molecular flexibility index (Phi) is 6.41. The van der Waals surface area contributed by atoms with Crippen LogP contribution in [0.3, 0.4) is 0 Å². The lowest BCUT2D eigenvalue weighted by Gasteiger charge is -2.12. The molecular formula is C19H14F2N4O3S. The number of carbonyl (C=O) groups is 1. The van der Waals surface area contributed by atoms with E-state index in [0.29, 0.717) is 17.4 Å². The fourth-order valence-corrected chi connectivity index (χ4v) is 2.94. The van der Waals surface area contributed by atoms with E-state index in [-0.39, 0.29) is 22.4 Å². The summed E-state index contributed by atoms with van der Waals surface area (Å²) in [5.41, 5.74) is 0.567. The van der Waals surface area contributed by atoms with Gasteiger partial charge in [0.2, 0.25) is 11.8 Å². The van der Waals surface area contributed by atoms with E-state index in [4.69, 9.17) is 9.15 Å². The number of hydrogen-bond donors (Lipinski definition) is 1. The number of rotatable bonds is 7. The molecule has 0 saturated heterocycles. The van der Waals surface area contributed by atoms with Gasteiger partial charge in [-0.2, -0.15) is 5.26 Å². The molecule has 2 aromatic carbocycles. The van der Waals surface area contributed by atoms with Crippen LogP contribution >= 0.6 is 11.8 Å². The minimum absolute atomic E-state index is 0.119. The number of halogens is 2. The van der Waals surface area contributed by atoms with E-state index in [0.717, 1.165) is 23.9 Å². The number of methoxy groups -OCH3 is 1. The van der Waals surface area contributed by atoms with Gasteiger partial charge in [0.1, 0.15) is 23.4 Å². The zero-order valence-corrected chi connectivity index (χ0v) is 15.9. The molecule has 0 saturated carbocycles. The molecule has 7 nitrogen and oxygen atoms in total. The first-order chi connectivity index (χ1) is 14.0. The van der Waals surface area contributed by atoms with Gasteiger partial charge in [0.15, 0.2) is 0 Å². The Morgan fingerprint density at radius 3 is 2.69 bits per heavy atom. The molecule has 0 aliphatic heterocycles. The van der Waals surface area contributed by atoms with E-state index < -0.39 is 23.6 Å². The number of hydrogen-bond acceptors (Lipinski definition) is 7. The van der Waals surface area contributed by atoms with Gasteiger partial charge in [0, 0.05) is 17.2 Å². The minimum atomic E-state index is -1.25. The smallest absolute Gasteiger partial charge is 0.277 e. The number of carbonyl (C=O) groups excluding carboxylic acids is 1. The average molecular weight is 416 g/mol. The molecule has 1 N–H and O–H groups in total. The number of amides is 1. The van der Waals surface area contributed by atoms with Gasteiger partial charge in [-0.05, 0) is 30.3 Å². The molecule has 3 aromatic rings. The second-order valence-electron chi connectivity index (χ2n) is 5.69. The highest BCUT2D eigenvalue weighted by Gasteiger charge is 2.19. The summed E-state index contributed by atoms with van der Waals surface area (Å²) in [6.45, 7) is 0. The monoisotopic (exact) mass is 416 g/mol. The Bertz CT molecular complexity index is 1050. The first-order valence-corrected chi connectivity index (χ1v) is 9.23. The summed E-state index contributed by atoms with van der Waals surface area (Å²) in [6, 6.07) is 10.3. The number of aromatic nitrogens is 2. The number of nitrogens with zero attached hydrogens (tertiary/aromatic N) is 3. The molecule has 148 valence electrons. The lowest BCUT2D eigenvalue weighted by molar-refractivity contribution is -0.119. The summed E-state index contributed by atoms with van der Waals surface area (Å²) in [7, 11) is 1.56. The van der Waals surface area contributed by atoms with Crippen molar-refractivity contribution in [3.63, 3.8) is 0 Å². The van der Waals surface area contributed by atoms with E-state index >= 15 is 0 Å². The van der Waals surface area contributed by atoms with Crippen molar-refractivity contribution in [3.8, 4) is 23.3 Å². The molecule has 1 aromatic heterocycles. The first-order valence-electron chi connectivity index (χ1n) is 8.25. The second kappa shape index (κ2) is 9.16. The van der Waals surface area contributed by atoms with Crippen LogP contribution in [0.5, 0.6) is 5.75 Å². The topological polar surface area (TPSA) is 101 Å². The highest BCUT2D eigenvalue weighted by Crippen LogP contribution is 2.25. The maximum Gasteiger partial charge on any atom is 0.277 e. The van der Waals surface area contributed by atoms with Crippen LogP contribution in [0.2, 0.25) is 0 Å². The average Bonchev–Trinajstić information content (AvgIpc) is 3.20. The van der Waals surface area contributed by atoms with Crippen molar-refractivity contribution in [2.75, 3.05) is 12.9 Å². The van der Waals surface area contributed by atoms with Crippen LogP contribution in [0.15, 0.2) is 52.1 Å². The lowest BCUT2D eigenvalue weighted by atomic mass is 10.1. The molecule has 0 radical (unpaired) electrons. The molecule has 0 fully saturated rings. The quantitative estimate of drug-likeness (QED) is 0.588. The Morgan fingerprint density at radius 1 is 1.28 bits per heavy atom. The van der Waals surface area contributed by atoms with Gasteiger partial charge in [0.25, 0.3) is 5.22 Å². The zero-order valence-electron chi connectivity index (χ0n) is 15.1. The van der Waals surface area contributed by atoms with Crippen molar-refractivity contribution in [1.82, 2.24) is 15.5 Å². The van der Waals surface area contributed by atoms with Crippen LogP contribution in [0.1, 0.15) is 11.6 Å². The predicted molar refractivity (Wildman–Crippen MR) is 99.9 cm³/mol. The molecule has 0 aliphatic carbocycles. The van der Waals surface area contributed by atoms with Crippen molar-refractivity contribution in [2.24, 2.45) is 0 Å². The van der Waals surface area contributed by atoms with E-state index in [2.05, 4.69) is 15.5 Å². The molecule has 1 amide bonds. The van der Waals surface area contributed by atoms with Gasteiger partial charge in [-0.15, -0.1) is 10.2 Å². The third-order valence-corrected chi connectivity index (χ3v) is 4.60.